The van der Waals surface area contributed by atoms with Crippen LogP contribution in [0.3, 0.4) is 0 Å². The van der Waals surface area contributed by atoms with Crippen LogP contribution in [0.2, 0.25) is 0 Å². The highest BCUT2D eigenvalue weighted by molar-refractivity contribution is 5.30. The van der Waals surface area contributed by atoms with Gasteiger partial charge in [-0.1, -0.05) is 25.1 Å². The third kappa shape index (κ3) is 3.87. The Morgan fingerprint density at radius 1 is 1.20 bits per heavy atom. The molecule has 1 N–H and O–H groups in total. The number of tetrazole rings is 1. The van der Waals surface area contributed by atoms with Gasteiger partial charge in [-0.2, -0.15) is 4.80 Å². The number of nitrogens with zero attached hydrogens (tertiary/aromatic N) is 4. The Balaban J connectivity index is 2.06. The summed E-state index contributed by atoms with van der Waals surface area (Å²) < 4.78 is 0. The van der Waals surface area contributed by atoms with Crippen LogP contribution in [0.15, 0.2) is 18.2 Å². The summed E-state index contributed by atoms with van der Waals surface area (Å²) in [5, 5.41) is 15.7. The van der Waals surface area contributed by atoms with Crippen LogP contribution in [0.4, 0.5) is 0 Å². The second kappa shape index (κ2) is 6.61. The van der Waals surface area contributed by atoms with Crippen molar-refractivity contribution in [2.24, 2.45) is 7.05 Å². The molecule has 0 saturated carbocycles. The molecule has 5 heteroatoms. The maximum absolute atomic E-state index is 4.26. The molecule has 1 aromatic heterocycles. The van der Waals surface area contributed by atoms with Gasteiger partial charge < -0.3 is 5.32 Å². The van der Waals surface area contributed by atoms with Crippen molar-refractivity contribution in [1.29, 1.82) is 0 Å². The average Bonchev–Trinajstić information content (AvgIpc) is 2.80. The molecule has 2 rings (SSSR count). The van der Waals surface area contributed by atoms with E-state index in [1.165, 1.54) is 21.5 Å². The van der Waals surface area contributed by atoms with Crippen molar-refractivity contribution in [2.45, 2.75) is 39.7 Å². The molecule has 0 aliphatic carbocycles. The number of aryl methyl sites for hydroxylation is 3. The van der Waals surface area contributed by atoms with Gasteiger partial charge in [0.25, 0.3) is 0 Å². The lowest BCUT2D eigenvalue weighted by Gasteiger charge is -2.17. The Hall–Kier alpha value is -1.75. The summed E-state index contributed by atoms with van der Waals surface area (Å²) in [6, 6.07) is 7.00. The molecule has 0 spiro atoms. The Bertz CT molecular complexity index is 561. The maximum Gasteiger partial charge on any atom is 0.176 e. The first-order valence-corrected chi connectivity index (χ1v) is 7.11. The molecule has 1 aromatic carbocycles. The van der Waals surface area contributed by atoms with Gasteiger partial charge >= 0.3 is 0 Å². The van der Waals surface area contributed by atoms with Gasteiger partial charge in [0, 0.05) is 12.5 Å². The third-order valence-electron chi connectivity index (χ3n) is 3.52. The predicted octanol–water partition coefficient (Wildman–Crippen LogP) is 1.59. The first-order valence-electron chi connectivity index (χ1n) is 7.11. The molecule has 20 heavy (non-hydrogen) atoms. The molecule has 0 saturated heterocycles. The number of benzene rings is 1. The van der Waals surface area contributed by atoms with Crippen LogP contribution < -0.4 is 5.32 Å². The zero-order valence-electron chi connectivity index (χ0n) is 12.7. The molecule has 0 aliphatic heterocycles. The van der Waals surface area contributed by atoms with Gasteiger partial charge in [-0.25, -0.2) is 0 Å². The molecular weight excluding hydrogens is 250 g/mol. The molecular formula is C15H23N5. The van der Waals surface area contributed by atoms with Gasteiger partial charge in [-0.15, -0.1) is 10.2 Å². The molecule has 1 unspecified atom stereocenters. The summed E-state index contributed by atoms with van der Waals surface area (Å²) in [6.07, 6.45) is 1.78. The highest BCUT2D eigenvalue weighted by Gasteiger charge is 2.13. The molecule has 0 amide bonds. The number of nitrogens with one attached hydrogen (secondary N) is 1. The standard InChI is InChI=1S/C15H23N5/c1-5-16-14(10-15-17-19-20(4)18-15)9-13-7-6-11(2)12(3)8-13/h6-8,14,16H,5,9-10H2,1-4H3. The monoisotopic (exact) mass is 273 g/mol. The Morgan fingerprint density at radius 2 is 2.00 bits per heavy atom. The molecule has 108 valence electrons. The van der Waals surface area contributed by atoms with Gasteiger partial charge in [-0.3, -0.25) is 0 Å². The fraction of sp³-hybridized carbons (Fsp3) is 0.533. The third-order valence-corrected chi connectivity index (χ3v) is 3.52. The molecule has 1 heterocycles. The normalized spacial score (nSPS) is 12.6. The number of aromatic nitrogens is 4. The summed E-state index contributed by atoms with van der Waals surface area (Å²) in [4.78, 5) is 1.51. The molecule has 2 aromatic rings. The Kier molecular flexibility index (Phi) is 4.84. The minimum absolute atomic E-state index is 0.339. The lowest BCUT2D eigenvalue weighted by Crippen LogP contribution is -2.33. The van der Waals surface area contributed by atoms with E-state index in [2.05, 4.69) is 59.7 Å². The van der Waals surface area contributed by atoms with Crippen molar-refractivity contribution in [1.82, 2.24) is 25.5 Å². The van der Waals surface area contributed by atoms with E-state index in [0.29, 0.717) is 6.04 Å². The van der Waals surface area contributed by atoms with E-state index in [0.717, 1.165) is 25.2 Å². The molecule has 0 radical (unpaired) electrons. The Labute approximate surface area is 120 Å². The maximum atomic E-state index is 4.26. The average molecular weight is 273 g/mol. The molecule has 0 fully saturated rings. The Morgan fingerprint density at radius 3 is 2.60 bits per heavy atom. The van der Waals surface area contributed by atoms with Crippen LogP contribution >= 0.6 is 0 Å². The second-order valence-electron chi connectivity index (χ2n) is 5.28. The highest BCUT2D eigenvalue weighted by atomic mass is 15.6. The van der Waals surface area contributed by atoms with E-state index in [1.54, 1.807) is 7.05 Å². The van der Waals surface area contributed by atoms with E-state index < -0.39 is 0 Å². The molecule has 5 nitrogen and oxygen atoms in total. The van der Waals surface area contributed by atoms with Gasteiger partial charge in [0.2, 0.25) is 0 Å². The zero-order valence-corrected chi connectivity index (χ0v) is 12.7. The lowest BCUT2D eigenvalue weighted by atomic mass is 9.99. The smallest absolute Gasteiger partial charge is 0.176 e. The van der Waals surface area contributed by atoms with Crippen molar-refractivity contribution >= 4 is 0 Å². The SMILES string of the molecule is CCNC(Cc1ccc(C)c(C)c1)Cc1nnn(C)n1. The summed E-state index contributed by atoms with van der Waals surface area (Å²) >= 11 is 0. The minimum atomic E-state index is 0.339. The van der Waals surface area contributed by atoms with E-state index in [9.17, 15) is 0 Å². The van der Waals surface area contributed by atoms with Crippen molar-refractivity contribution in [3.63, 3.8) is 0 Å². The van der Waals surface area contributed by atoms with Crippen molar-refractivity contribution < 1.29 is 0 Å². The van der Waals surface area contributed by atoms with Crippen LogP contribution in [0.25, 0.3) is 0 Å². The van der Waals surface area contributed by atoms with Gasteiger partial charge in [0.1, 0.15) is 0 Å². The molecule has 1 atom stereocenters. The highest BCUT2D eigenvalue weighted by Crippen LogP contribution is 2.12. The van der Waals surface area contributed by atoms with Crippen LogP contribution in [-0.4, -0.2) is 32.8 Å². The number of likely N-dealkylation sites (N-methyl/N-ethyl adjacent to an activating group) is 1. The number of rotatable bonds is 6. The van der Waals surface area contributed by atoms with E-state index in [4.69, 9.17) is 0 Å². The fourth-order valence-electron chi connectivity index (χ4n) is 2.35. The second-order valence-corrected chi connectivity index (χ2v) is 5.28. The van der Waals surface area contributed by atoms with Gasteiger partial charge in [0.05, 0.1) is 7.05 Å². The number of hydrogen-bond acceptors (Lipinski definition) is 4. The topological polar surface area (TPSA) is 55.6 Å². The van der Waals surface area contributed by atoms with Crippen molar-refractivity contribution in [3.8, 4) is 0 Å². The van der Waals surface area contributed by atoms with E-state index in [-0.39, 0.29) is 0 Å². The van der Waals surface area contributed by atoms with Crippen LogP contribution in [0.5, 0.6) is 0 Å². The first kappa shape index (κ1) is 14.7. The number of hydrogen-bond donors (Lipinski definition) is 1. The van der Waals surface area contributed by atoms with Crippen molar-refractivity contribution in [2.75, 3.05) is 6.54 Å². The summed E-state index contributed by atoms with van der Waals surface area (Å²) in [6.45, 7) is 7.36. The van der Waals surface area contributed by atoms with E-state index in [1.807, 2.05) is 0 Å². The van der Waals surface area contributed by atoms with Crippen molar-refractivity contribution in [3.05, 3.63) is 40.7 Å². The first-order chi connectivity index (χ1) is 9.58. The summed E-state index contributed by atoms with van der Waals surface area (Å²) in [5.74, 6) is 0.794. The predicted molar refractivity (Wildman–Crippen MR) is 79.6 cm³/mol. The largest absolute Gasteiger partial charge is 0.313 e. The summed E-state index contributed by atoms with van der Waals surface area (Å²) in [5.41, 5.74) is 4.03. The molecule has 0 bridgehead atoms. The zero-order chi connectivity index (χ0) is 14.5. The summed E-state index contributed by atoms with van der Waals surface area (Å²) in [7, 11) is 1.79. The molecule has 0 aliphatic rings. The van der Waals surface area contributed by atoms with E-state index >= 15 is 0 Å². The van der Waals surface area contributed by atoms with Gasteiger partial charge in [-0.05, 0) is 48.7 Å². The minimum Gasteiger partial charge on any atom is -0.313 e. The van der Waals surface area contributed by atoms with Gasteiger partial charge in [0.15, 0.2) is 5.82 Å². The van der Waals surface area contributed by atoms with Crippen LogP contribution in [-0.2, 0) is 19.9 Å². The van der Waals surface area contributed by atoms with Crippen LogP contribution in [0, 0.1) is 13.8 Å². The fourth-order valence-corrected chi connectivity index (χ4v) is 2.35. The lowest BCUT2D eigenvalue weighted by molar-refractivity contribution is 0.509. The van der Waals surface area contributed by atoms with Crippen LogP contribution in [0.1, 0.15) is 29.4 Å². The quantitative estimate of drug-likeness (QED) is 0.868.